The van der Waals surface area contributed by atoms with Gasteiger partial charge in [-0.2, -0.15) is 0 Å². The second kappa shape index (κ2) is 3.76. The van der Waals surface area contributed by atoms with E-state index >= 15 is 0 Å². The lowest BCUT2D eigenvalue weighted by Crippen LogP contribution is -3.13. The van der Waals surface area contributed by atoms with E-state index in [0.717, 1.165) is 0 Å². The van der Waals surface area contributed by atoms with Crippen LogP contribution in [-0.4, -0.2) is 24.7 Å². The minimum atomic E-state index is -0.588. The number of esters is 1. The van der Waals surface area contributed by atoms with E-state index in [1.807, 2.05) is 27.7 Å². The Balaban J connectivity index is 2.97. The molecular formula is C11H21NO3. The number of ether oxygens (including phenoxy) is 1. The van der Waals surface area contributed by atoms with Gasteiger partial charge in [0.15, 0.2) is 0 Å². The molecule has 1 aliphatic rings. The number of nitrogens with one attached hydrogen (secondary N) is 1. The molecule has 15 heavy (non-hydrogen) atoms. The van der Waals surface area contributed by atoms with Crippen molar-refractivity contribution >= 4 is 5.97 Å². The van der Waals surface area contributed by atoms with Crippen LogP contribution < -0.4 is 5.06 Å². The van der Waals surface area contributed by atoms with E-state index in [4.69, 9.17) is 4.74 Å². The Hall–Kier alpha value is -0.610. The minimum absolute atomic E-state index is 0.158. The molecule has 1 N–H and O–H groups in total. The highest BCUT2D eigenvalue weighted by Crippen LogP contribution is 2.38. The van der Waals surface area contributed by atoms with E-state index < -0.39 is 5.54 Å². The molecule has 0 spiro atoms. The first-order valence-electron chi connectivity index (χ1n) is 5.43. The maximum Gasteiger partial charge on any atom is 0.316 e. The standard InChI is InChI=1S/C11H21NO3/c1-6-15-9(13)8-10(2,3)7-12(14)11(8,4)5/h8,12H,6-7H2,1-5H3. The summed E-state index contributed by atoms with van der Waals surface area (Å²) in [7, 11) is 0. The van der Waals surface area contributed by atoms with Crippen LogP contribution in [0.1, 0.15) is 34.6 Å². The Labute approximate surface area is 91.2 Å². The minimum Gasteiger partial charge on any atom is -0.634 e. The number of hydrogen-bond donors (Lipinski definition) is 1. The van der Waals surface area contributed by atoms with Crippen molar-refractivity contribution in [3.8, 4) is 0 Å². The van der Waals surface area contributed by atoms with Crippen LogP contribution in [-0.2, 0) is 9.53 Å². The molecule has 4 nitrogen and oxygen atoms in total. The number of carbonyl (C=O) groups excluding carboxylic acids is 1. The van der Waals surface area contributed by atoms with Crippen molar-refractivity contribution in [2.45, 2.75) is 40.2 Å². The molecule has 0 aliphatic carbocycles. The van der Waals surface area contributed by atoms with Gasteiger partial charge < -0.3 is 15.0 Å². The van der Waals surface area contributed by atoms with Crippen molar-refractivity contribution in [1.82, 2.24) is 0 Å². The third-order valence-electron chi connectivity index (χ3n) is 3.36. The average Bonchev–Trinajstić information content (AvgIpc) is 2.16. The van der Waals surface area contributed by atoms with Crippen LogP contribution in [0.4, 0.5) is 0 Å². The molecule has 0 bridgehead atoms. The Morgan fingerprint density at radius 1 is 1.47 bits per heavy atom. The van der Waals surface area contributed by atoms with Crippen LogP contribution in [0.2, 0.25) is 0 Å². The first-order valence-corrected chi connectivity index (χ1v) is 5.43. The summed E-state index contributed by atoms with van der Waals surface area (Å²) in [5.74, 6) is -0.559. The van der Waals surface area contributed by atoms with E-state index in [1.54, 1.807) is 6.92 Å². The Morgan fingerprint density at radius 2 is 2.00 bits per heavy atom. The molecule has 1 aliphatic heterocycles. The van der Waals surface area contributed by atoms with Crippen molar-refractivity contribution in [2.75, 3.05) is 13.2 Å². The largest absolute Gasteiger partial charge is 0.634 e. The molecule has 0 aromatic carbocycles. The third kappa shape index (κ3) is 2.01. The summed E-state index contributed by atoms with van der Waals surface area (Å²) in [6.45, 7) is 10.2. The summed E-state index contributed by atoms with van der Waals surface area (Å²) >= 11 is 0. The zero-order valence-electron chi connectivity index (χ0n) is 10.2. The fraction of sp³-hybridized carbons (Fsp3) is 0.909. The van der Waals surface area contributed by atoms with Crippen LogP contribution >= 0.6 is 0 Å². The lowest BCUT2D eigenvalue weighted by molar-refractivity contribution is -0.889. The second-order valence-corrected chi connectivity index (χ2v) is 5.50. The van der Waals surface area contributed by atoms with E-state index in [-0.39, 0.29) is 22.4 Å². The average molecular weight is 215 g/mol. The number of quaternary nitrogens is 1. The molecule has 0 amide bonds. The predicted octanol–water partition coefficient (Wildman–Crippen LogP) is 0.367. The molecule has 88 valence electrons. The number of hydroxylamine groups is 2. The Bertz CT molecular complexity index is 261. The first kappa shape index (κ1) is 12.5. The van der Waals surface area contributed by atoms with Gasteiger partial charge in [-0.3, -0.25) is 4.79 Å². The Morgan fingerprint density at radius 3 is 2.33 bits per heavy atom. The lowest BCUT2D eigenvalue weighted by Gasteiger charge is -2.34. The predicted molar refractivity (Wildman–Crippen MR) is 57.2 cm³/mol. The van der Waals surface area contributed by atoms with Crippen molar-refractivity contribution < 1.29 is 14.6 Å². The summed E-state index contributed by atoms with van der Waals surface area (Å²) in [6, 6.07) is 0. The van der Waals surface area contributed by atoms with Crippen LogP contribution in [0.25, 0.3) is 0 Å². The maximum atomic E-state index is 11.8. The highest BCUT2D eigenvalue weighted by Gasteiger charge is 2.57. The van der Waals surface area contributed by atoms with Crippen molar-refractivity contribution in [3.05, 3.63) is 5.21 Å². The number of hydrogen-bond acceptors (Lipinski definition) is 3. The van der Waals surface area contributed by atoms with Gasteiger partial charge in [0.2, 0.25) is 0 Å². The topological polar surface area (TPSA) is 53.8 Å². The summed E-state index contributed by atoms with van der Waals surface area (Å²) in [5, 5.41) is 12.0. The fourth-order valence-corrected chi connectivity index (χ4v) is 2.72. The van der Waals surface area contributed by atoms with Crippen LogP contribution in [0.3, 0.4) is 0 Å². The molecule has 1 rings (SSSR count). The van der Waals surface area contributed by atoms with Crippen LogP contribution in [0.15, 0.2) is 0 Å². The smallest absolute Gasteiger partial charge is 0.316 e. The van der Waals surface area contributed by atoms with E-state index in [9.17, 15) is 10.0 Å². The molecule has 2 unspecified atom stereocenters. The van der Waals surface area contributed by atoms with Gasteiger partial charge in [-0.25, -0.2) is 0 Å². The van der Waals surface area contributed by atoms with Gasteiger partial charge in [0.05, 0.1) is 13.2 Å². The first-order chi connectivity index (χ1) is 6.73. The normalized spacial score (nSPS) is 32.7. The molecule has 4 heteroatoms. The Kier molecular flexibility index (Phi) is 3.12. The molecular weight excluding hydrogens is 194 g/mol. The van der Waals surface area contributed by atoms with Crippen molar-refractivity contribution in [2.24, 2.45) is 11.3 Å². The second-order valence-electron chi connectivity index (χ2n) is 5.50. The maximum absolute atomic E-state index is 11.8. The molecule has 0 saturated carbocycles. The molecule has 0 aromatic rings. The molecule has 1 saturated heterocycles. The van der Waals surface area contributed by atoms with Crippen LogP contribution in [0, 0.1) is 16.5 Å². The molecule has 1 fully saturated rings. The monoisotopic (exact) mass is 215 g/mol. The SMILES string of the molecule is CCOC(=O)C1C(C)(C)C[NH+]([O-])C1(C)C. The molecule has 1 heterocycles. The third-order valence-corrected chi connectivity index (χ3v) is 3.36. The highest BCUT2D eigenvalue weighted by molar-refractivity contribution is 5.75. The van der Waals surface area contributed by atoms with E-state index in [1.165, 1.54) is 0 Å². The van der Waals surface area contributed by atoms with Gasteiger partial charge in [0.1, 0.15) is 11.5 Å². The number of carbonyl (C=O) groups is 1. The zero-order chi connectivity index (χ0) is 11.9. The zero-order valence-corrected chi connectivity index (χ0v) is 10.2. The number of rotatable bonds is 2. The summed E-state index contributed by atoms with van der Waals surface area (Å²) in [4.78, 5) is 11.8. The lowest BCUT2D eigenvalue weighted by atomic mass is 9.74. The van der Waals surface area contributed by atoms with Gasteiger partial charge in [-0.1, -0.05) is 13.8 Å². The fourth-order valence-electron chi connectivity index (χ4n) is 2.72. The highest BCUT2D eigenvalue weighted by atomic mass is 16.5. The van der Waals surface area contributed by atoms with E-state index in [2.05, 4.69) is 0 Å². The van der Waals surface area contributed by atoms with Gasteiger partial charge in [0, 0.05) is 5.41 Å². The van der Waals surface area contributed by atoms with Crippen molar-refractivity contribution in [3.63, 3.8) is 0 Å². The van der Waals surface area contributed by atoms with Gasteiger partial charge in [-0.15, -0.1) is 0 Å². The summed E-state index contributed by atoms with van der Waals surface area (Å²) in [6.07, 6.45) is 0. The molecule has 2 atom stereocenters. The van der Waals surface area contributed by atoms with Gasteiger partial charge in [-0.05, 0) is 20.8 Å². The van der Waals surface area contributed by atoms with Gasteiger partial charge in [0.25, 0.3) is 0 Å². The van der Waals surface area contributed by atoms with E-state index in [0.29, 0.717) is 13.2 Å². The summed E-state index contributed by atoms with van der Waals surface area (Å²) < 4.78 is 5.05. The van der Waals surface area contributed by atoms with Crippen molar-refractivity contribution in [1.29, 1.82) is 0 Å². The van der Waals surface area contributed by atoms with Gasteiger partial charge >= 0.3 is 5.97 Å². The molecule has 0 aromatic heterocycles. The quantitative estimate of drug-likeness (QED) is 0.535. The summed E-state index contributed by atoms with van der Waals surface area (Å²) in [5.41, 5.74) is -0.872. The molecule has 0 radical (unpaired) electrons. The van der Waals surface area contributed by atoms with Crippen LogP contribution in [0.5, 0.6) is 0 Å².